The molecule has 0 aliphatic carbocycles. The van der Waals surface area contributed by atoms with Crippen molar-refractivity contribution < 1.29 is 24.1 Å². The Morgan fingerprint density at radius 2 is 1.88 bits per heavy atom. The Labute approximate surface area is 140 Å². The zero-order valence-electron chi connectivity index (χ0n) is 13.8. The third-order valence-electron chi connectivity index (χ3n) is 4.08. The second-order valence-corrected chi connectivity index (χ2v) is 5.74. The molecule has 5 nitrogen and oxygen atoms in total. The number of ether oxygens (including phenoxy) is 3. The molecule has 0 fully saturated rings. The predicted molar refractivity (Wildman–Crippen MR) is 88.8 cm³/mol. The lowest BCUT2D eigenvalue weighted by Crippen LogP contribution is -2.03. The van der Waals surface area contributed by atoms with Crippen molar-refractivity contribution in [2.75, 3.05) is 13.9 Å². The fraction of sp³-hybridized carbons (Fsp3) is 0.316. The summed E-state index contributed by atoms with van der Waals surface area (Å²) < 4.78 is 15.6. The summed E-state index contributed by atoms with van der Waals surface area (Å²) in [6.45, 7) is 2.38. The minimum Gasteiger partial charge on any atom is -0.507 e. The molecule has 1 aliphatic rings. The van der Waals surface area contributed by atoms with Crippen molar-refractivity contribution in [1.82, 2.24) is 0 Å². The van der Waals surface area contributed by atoms with Crippen LogP contribution in [0.3, 0.4) is 0 Å². The fourth-order valence-corrected chi connectivity index (χ4v) is 2.88. The van der Waals surface area contributed by atoms with Gasteiger partial charge < -0.3 is 19.3 Å². The summed E-state index contributed by atoms with van der Waals surface area (Å²) in [6.07, 6.45) is 2.60. The van der Waals surface area contributed by atoms with Crippen LogP contribution >= 0.6 is 0 Å². The molecule has 0 radical (unpaired) electrons. The second kappa shape index (κ2) is 6.83. The van der Waals surface area contributed by atoms with Gasteiger partial charge in [0.05, 0.1) is 7.11 Å². The molecule has 0 amide bonds. The van der Waals surface area contributed by atoms with Crippen LogP contribution in [0, 0.1) is 0 Å². The van der Waals surface area contributed by atoms with Crippen LogP contribution in [0.2, 0.25) is 0 Å². The van der Waals surface area contributed by atoms with Crippen LogP contribution in [0.15, 0.2) is 30.3 Å². The van der Waals surface area contributed by atoms with Crippen molar-refractivity contribution in [2.24, 2.45) is 0 Å². The molecule has 0 saturated heterocycles. The van der Waals surface area contributed by atoms with Gasteiger partial charge in [0.25, 0.3) is 0 Å². The van der Waals surface area contributed by atoms with E-state index in [9.17, 15) is 9.90 Å². The highest BCUT2D eigenvalue weighted by Gasteiger charge is 2.18. The maximum atomic E-state index is 11.7. The van der Waals surface area contributed by atoms with Gasteiger partial charge in [-0.2, -0.15) is 0 Å². The first-order chi connectivity index (χ1) is 11.6. The molecule has 0 aromatic heterocycles. The van der Waals surface area contributed by atoms with E-state index in [0.29, 0.717) is 6.42 Å². The van der Waals surface area contributed by atoms with Crippen molar-refractivity contribution in [3.63, 3.8) is 0 Å². The maximum Gasteiger partial charge on any atom is 0.341 e. The van der Waals surface area contributed by atoms with E-state index in [1.807, 2.05) is 18.2 Å². The number of carbonyl (C=O) groups is 1. The number of fused-ring (bicyclic) bond motifs is 1. The third kappa shape index (κ3) is 3.15. The van der Waals surface area contributed by atoms with Gasteiger partial charge in [-0.3, -0.25) is 0 Å². The number of phenolic OH excluding ortho intramolecular Hbond substituents is 1. The molecule has 0 atom stereocenters. The molecular weight excluding hydrogens is 308 g/mol. The summed E-state index contributed by atoms with van der Waals surface area (Å²) in [5.74, 6) is 0.902. The molecule has 0 bridgehead atoms. The van der Waals surface area contributed by atoms with Crippen LogP contribution in [0.5, 0.6) is 17.2 Å². The topological polar surface area (TPSA) is 65.0 Å². The average molecular weight is 328 g/mol. The Morgan fingerprint density at radius 1 is 1.17 bits per heavy atom. The van der Waals surface area contributed by atoms with E-state index in [1.54, 1.807) is 6.07 Å². The van der Waals surface area contributed by atoms with Crippen molar-refractivity contribution in [1.29, 1.82) is 0 Å². The molecule has 2 aromatic rings. The van der Waals surface area contributed by atoms with E-state index in [2.05, 4.69) is 6.92 Å². The third-order valence-corrected chi connectivity index (χ3v) is 4.08. The van der Waals surface area contributed by atoms with E-state index >= 15 is 0 Å². The van der Waals surface area contributed by atoms with Gasteiger partial charge in [-0.25, -0.2) is 4.79 Å². The van der Waals surface area contributed by atoms with E-state index in [1.165, 1.54) is 18.7 Å². The van der Waals surface area contributed by atoms with Gasteiger partial charge in [-0.1, -0.05) is 19.4 Å². The highest BCUT2D eigenvalue weighted by Crippen LogP contribution is 2.36. The van der Waals surface area contributed by atoms with E-state index < -0.39 is 5.97 Å². The van der Waals surface area contributed by atoms with Crippen molar-refractivity contribution >= 4 is 5.97 Å². The number of carbonyl (C=O) groups excluding carboxylic acids is 1. The van der Waals surface area contributed by atoms with Crippen molar-refractivity contribution in [3.05, 3.63) is 52.6 Å². The lowest BCUT2D eigenvalue weighted by molar-refractivity contribution is 0.0597. The number of aromatic hydroxyl groups is 1. The summed E-state index contributed by atoms with van der Waals surface area (Å²) >= 11 is 0. The highest BCUT2D eigenvalue weighted by molar-refractivity contribution is 5.92. The van der Waals surface area contributed by atoms with Gasteiger partial charge in [-0.15, -0.1) is 0 Å². The average Bonchev–Trinajstić information content (AvgIpc) is 3.03. The van der Waals surface area contributed by atoms with Crippen LogP contribution in [0.4, 0.5) is 0 Å². The number of esters is 1. The highest BCUT2D eigenvalue weighted by atomic mass is 16.7. The van der Waals surface area contributed by atoms with E-state index in [-0.39, 0.29) is 18.1 Å². The van der Waals surface area contributed by atoms with Crippen LogP contribution in [0.1, 0.15) is 40.4 Å². The zero-order valence-corrected chi connectivity index (χ0v) is 13.8. The smallest absolute Gasteiger partial charge is 0.341 e. The molecule has 2 aromatic carbocycles. The zero-order chi connectivity index (χ0) is 17.1. The van der Waals surface area contributed by atoms with Crippen molar-refractivity contribution in [2.45, 2.75) is 26.2 Å². The number of hydrogen-bond acceptors (Lipinski definition) is 5. The minimum absolute atomic E-state index is 0.0786. The van der Waals surface area contributed by atoms with Crippen LogP contribution in [-0.4, -0.2) is 25.0 Å². The summed E-state index contributed by atoms with van der Waals surface area (Å²) in [5.41, 5.74) is 3.43. The summed E-state index contributed by atoms with van der Waals surface area (Å²) in [6, 6.07) is 9.03. The summed E-state index contributed by atoms with van der Waals surface area (Å²) in [4.78, 5) is 11.7. The molecule has 0 unspecified atom stereocenters. The predicted octanol–water partition coefficient (Wildman–Crippen LogP) is 3.45. The van der Waals surface area contributed by atoms with E-state index in [4.69, 9.17) is 14.2 Å². The Morgan fingerprint density at radius 3 is 2.54 bits per heavy atom. The van der Waals surface area contributed by atoms with Crippen molar-refractivity contribution in [3.8, 4) is 17.2 Å². The molecule has 3 rings (SSSR count). The standard InChI is InChI=1S/C19H20O5/c1-3-4-13-9-17-18(24-11-23-17)10-14(13)7-12-5-6-16(20)15(8-12)19(21)22-2/h5-6,8-10,20H,3-4,7,11H2,1-2H3. The molecule has 1 heterocycles. The van der Waals surface area contributed by atoms with Crippen LogP contribution in [-0.2, 0) is 17.6 Å². The van der Waals surface area contributed by atoms with Crippen LogP contribution < -0.4 is 9.47 Å². The Kier molecular flexibility index (Phi) is 4.60. The van der Waals surface area contributed by atoms with Gasteiger partial charge in [0.2, 0.25) is 6.79 Å². The first kappa shape index (κ1) is 16.2. The molecule has 0 saturated carbocycles. The van der Waals surface area contributed by atoms with Gasteiger partial charge in [0, 0.05) is 0 Å². The second-order valence-electron chi connectivity index (χ2n) is 5.74. The molecule has 126 valence electrons. The van der Waals surface area contributed by atoms with Gasteiger partial charge >= 0.3 is 5.97 Å². The summed E-state index contributed by atoms with van der Waals surface area (Å²) in [5, 5.41) is 9.83. The molecular formula is C19H20O5. The largest absolute Gasteiger partial charge is 0.507 e. The molecule has 5 heteroatoms. The molecule has 0 spiro atoms. The summed E-state index contributed by atoms with van der Waals surface area (Å²) in [7, 11) is 1.30. The minimum atomic E-state index is -0.547. The monoisotopic (exact) mass is 328 g/mol. The number of aryl methyl sites for hydroxylation is 1. The Balaban J connectivity index is 1.95. The maximum absolute atomic E-state index is 11.7. The lowest BCUT2D eigenvalue weighted by Gasteiger charge is -2.12. The Hall–Kier alpha value is -2.69. The first-order valence-corrected chi connectivity index (χ1v) is 7.94. The molecule has 1 N–H and O–H groups in total. The number of rotatable bonds is 5. The first-order valence-electron chi connectivity index (χ1n) is 7.94. The van der Waals surface area contributed by atoms with E-state index in [0.717, 1.165) is 35.5 Å². The number of benzene rings is 2. The van der Waals surface area contributed by atoms with Gasteiger partial charge in [0.1, 0.15) is 11.3 Å². The quantitative estimate of drug-likeness (QED) is 0.852. The van der Waals surface area contributed by atoms with Gasteiger partial charge in [0.15, 0.2) is 11.5 Å². The SMILES string of the molecule is CCCc1cc2c(cc1Cc1ccc(O)c(C(=O)OC)c1)OCO2. The number of phenols is 1. The van der Waals surface area contributed by atoms with Crippen LogP contribution in [0.25, 0.3) is 0 Å². The lowest BCUT2D eigenvalue weighted by atomic mass is 9.95. The molecule has 24 heavy (non-hydrogen) atoms. The van der Waals surface area contributed by atoms with Gasteiger partial charge in [-0.05, 0) is 53.8 Å². The fourth-order valence-electron chi connectivity index (χ4n) is 2.88. The molecule has 1 aliphatic heterocycles. The normalized spacial score (nSPS) is 12.2. The number of methoxy groups -OCH3 is 1. The Bertz CT molecular complexity index is 767. The number of hydrogen-bond donors (Lipinski definition) is 1.